The van der Waals surface area contributed by atoms with Crippen molar-refractivity contribution in [3.63, 3.8) is 0 Å². The normalized spacial score (nSPS) is 17.2. The van der Waals surface area contributed by atoms with Gasteiger partial charge in [0, 0.05) is 21.0 Å². The summed E-state index contributed by atoms with van der Waals surface area (Å²) in [7, 11) is 0. The monoisotopic (exact) mass is 354 g/mol. The molecule has 1 aromatic carbocycles. The zero-order valence-electron chi connectivity index (χ0n) is 13.4. The predicted octanol–water partition coefficient (Wildman–Crippen LogP) is 4.44. The Labute approximate surface area is 148 Å². The largest absolute Gasteiger partial charge is 0.274 e. The lowest BCUT2D eigenvalue weighted by Gasteiger charge is -2.10. The molecule has 0 amide bonds. The second kappa shape index (κ2) is 4.77. The fourth-order valence-corrected chi connectivity index (χ4v) is 4.60. The molecule has 0 radical (unpaired) electrons. The lowest BCUT2D eigenvalue weighted by molar-refractivity contribution is 0.663. The summed E-state index contributed by atoms with van der Waals surface area (Å²) < 4.78 is 2.14. The number of benzene rings is 1. The molecule has 5 rings (SSSR count). The maximum absolute atomic E-state index is 6.08. The molecule has 1 aliphatic carbocycles. The van der Waals surface area contributed by atoms with Crippen LogP contribution in [-0.4, -0.2) is 20.5 Å². The lowest BCUT2D eigenvalue weighted by atomic mass is 10.00. The van der Waals surface area contributed by atoms with Crippen LogP contribution < -0.4 is 0 Å². The summed E-state index contributed by atoms with van der Waals surface area (Å²) in [4.78, 5) is 6.50. The van der Waals surface area contributed by atoms with Gasteiger partial charge >= 0.3 is 0 Å². The summed E-state index contributed by atoms with van der Waals surface area (Å²) >= 11 is 7.87. The van der Waals surface area contributed by atoms with Gasteiger partial charge in [0.2, 0.25) is 0 Å². The fourth-order valence-electron chi connectivity index (χ4n) is 3.35. The van der Waals surface area contributed by atoms with Crippen molar-refractivity contribution in [1.29, 1.82) is 0 Å². The molecule has 2 aliphatic rings. The maximum Gasteiger partial charge on any atom is 0.166 e. The van der Waals surface area contributed by atoms with Gasteiger partial charge in [-0.15, -0.1) is 21.5 Å². The van der Waals surface area contributed by atoms with Crippen LogP contribution in [0.5, 0.6) is 0 Å². The third kappa shape index (κ3) is 1.88. The Hall–Kier alpha value is -1.98. The second-order valence-corrected chi connectivity index (χ2v) is 8.13. The molecule has 3 heterocycles. The van der Waals surface area contributed by atoms with E-state index in [0.29, 0.717) is 0 Å². The average Bonchev–Trinajstić information content (AvgIpc) is 3.10. The molecule has 2 aromatic heterocycles. The fraction of sp³-hybridized carbons (Fsp3) is 0.278. The highest BCUT2D eigenvalue weighted by molar-refractivity contribution is 7.15. The van der Waals surface area contributed by atoms with Gasteiger partial charge in [0.15, 0.2) is 5.82 Å². The summed E-state index contributed by atoms with van der Waals surface area (Å²) in [5, 5.41) is 10.5. The minimum absolute atomic E-state index is 0.218. The van der Waals surface area contributed by atoms with E-state index in [9.17, 15) is 0 Å². The molecule has 120 valence electrons. The maximum atomic E-state index is 6.08. The average molecular weight is 355 g/mol. The van der Waals surface area contributed by atoms with Crippen LogP contribution in [0.15, 0.2) is 35.6 Å². The minimum Gasteiger partial charge on any atom is -0.274 e. The van der Waals surface area contributed by atoms with Crippen LogP contribution in [0.1, 0.15) is 40.2 Å². The molecule has 1 saturated carbocycles. The molecular weight excluding hydrogens is 340 g/mol. The van der Waals surface area contributed by atoms with Crippen molar-refractivity contribution in [2.75, 3.05) is 0 Å². The molecule has 1 spiro atoms. The molecule has 6 heteroatoms. The van der Waals surface area contributed by atoms with Crippen LogP contribution in [0, 0.1) is 13.8 Å². The van der Waals surface area contributed by atoms with Crippen LogP contribution in [0.2, 0.25) is 5.02 Å². The van der Waals surface area contributed by atoms with Crippen LogP contribution in [0.4, 0.5) is 0 Å². The molecular formula is C18H15ClN4S. The van der Waals surface area contributed by atoms with Crippen LogP contribution in [0.25, 0.3) is 5.00 Å². The number of nitrogens with zero attached hydrogens (tertiary/aromatic N) is 4. The van der Waals surface area contributed by atoms with Crippen molar-refractivity contribution in [1.82, 2.24) is 14.8 Å². The summed E-state index contributed by atoms with van der Waals surface area (Å²) in [5.41, 5.74) is 4.41. The van der Waals surface area contributed by atoms with E-state index in [-0.39, 0.29) is 5.54 Å². The number of halogens is 1. The van der Waals surface area contributed by atoms with E-state index in [4.69, 9.17) is 16.6 Å². The molecule has 1 fully saturated rings. The third-order valence-electron chi connectivity index (χ3n) is 4.95. The molecule has 0 atom stereocenters. The summed E-state index contributed by atoms with van der Waals surface area (Å²) in [5.74, 6) is 0.967. The van der Waals surface area contributed by atoms with Crippen molar-refractivity contribution < 1.29 is 0 Å². The smallest absolute Gasteiger partial charge is 0.166 e. The number of aliphatic imine (C=N–C) groups is 1. The number of aryl methyl sites for hydroxylation is 1. The topological polar surface area (TPSA) is 43.1 Å². The first kappa shape index (κ1) is 14.4. The van der Waals surface area contributed by atoms with E-state index in [1.807, 2.05) is 18.5 Å². The molecule has 0 N–H and O–H groups in total. The Balaban J connectivity index is 1.84. The molecule has 0 bridgehead atoms. The van der Waals surface area contributed by atoms with E-state index in [2.05, 4.69) is 40.7 Å². The van der Waals surface area contributed by atoms with Gasteiger partial charge in [-0.1, -0.05) is 23.7 Å². The summed E-state index contributed by atoms with van der Waals surface area (Å²) in [6.07, 6.45) is 3.87. The number of hydrogen-bond acceptors (Lipinski definition) is 4. The van der Waals surface area contributed by atoms with Crippen molar-refractivity contribution in [2.45, 2.75) is 32.2 Å². The summed E-state index contributed by atoms with van der Waals surface area (Å²) in [6.45, 7) is 4.33. The van der Waals surface area contributed by atoms with Gasteiger partial charge in [-0.25, -0.2) is 0 Å². The Bertz CT molecular complexity index is 993. The van der Waals surface area contributed by atoms with Gasteiger partial charge in [-0.05, 0) is 44.4 Å². The highest BCUT2D eigenvalue weighted by Gasteiger charge is 2.51. The van der Waals surface area contributed by atoms with E-state index >= 15 is 0 Å². The summed E-state index contributed by atoms with van der Waals surface area (Å²) in [6, 6.07) is 7.97. The molecule has 4 nitrogen and oxygen atoms in total. The SMILES string of the molecule is Cc1sc2c(c1C)C(c1ccc(Cl)cc1)=NC1(CC1)c1nncn1-2. The Kier molecular flexibility index (Phi) is 2.86. The van der Waals surface area contributed by atoms with Gasteiger partial charge < -0.3 is 0 Å². The molecule has 0 unspecified atom stereocenters. The highest BCUT2D eigenvalue weighted by atomic mass is 35.5. The highest BCUT2D eigenvalue weighted by Crippen LogP contribution is 2.52. The predicted molar refractivity (Wildman–Crippen MR) is 96.7 cm³/mol. The standard InChI is InChI=1S/C18H15ClN4S/c1-10-11(2)24-16-14(10)15(12-3-5-13(19)6-4-12)21-18(7-8-18)17-22-20-9-23(16)17/h3-6,9H,7-8H2,1-2H3. The van der Waals surface area contributed by atoms with E-state index in [0.717, 1.165) is 35.0 Å². The second-order valence-electron chi connectivity index (χ2n) is 6.49. The first-order chi connectivity index (χ1) is 11.6. The first-order valence-electron chi connectivity index (χ1n) is 7.96. The Morgan fingerprint density at radius 3 is 2.62 bits per heavy atom. The van der Waals surface area contributed by atoms with Gasteiger partial charge in [0.25, 0.3) is 0 Å². The van der Waals surface area contributed by atoms with Crippen LogP contribution >= 0.6 is 22.9 Å². The van der Waals surface area contributed by atoms with E-state index in [1.165, 1.54) is 21.0 Å². The van der Waals surface area contributed by atoms with Crippen LogP contribution in [0.3, 0.4) is 0 Å². The molecule has 24 heavy (non-hydrogen) atoms. The quantitative estimate of drug-likeness (QED) is 0.648. The number of fused-ring (bicyclic) bond motifs is 4. The third-order valence-corrected chi connectivity index (χ3v) is 6.41. The molecule has 1 aliphatic heterocycles. The molecule has 3 aromatic rings. The number of hydrogen-bond donors (Lipinski definition) is 0. The number of aromatic nitrogens is 3. The lowest BCUT2D eigenvalue weighted by Crippen LogP contribution is -2.11. The molecule has 0 saturated heterocycles. The van der Waals surface area contributed by atoms with Crippen LogP contribution in [-0.2, 0) is 5.54 Å². The Morgan fingerprint density at radius 1 is 1.17 bits per heavy atom. The van der Waals surface area contributed by atoms with E-state index < -0.39 is 0 Å². The zero-order chi connectivity index (χ0) is 16.5. The minimum atomic E-state index is -0.218. The van der Waals surface area contributed by atoms with Crippen molar-refractivity contribution in [2.24, 2.45) is 4.99 Å². The number of rotatable bonds is 1. The first-order valence-corrected chi connectivity index (χ1v) is 9.15. The van der Waals surface area contributed by atoms with Gasteiger partial charge in [0.1, 0.15) is 16.9 Å². The van der Waals surface area contributed by atoms with Gasteiger partial charge in [0.05, 0.1) is 5.71 Å². The number of thiophene rings is 1. The van der Waals surface area contributed by atoms with Crippen molar-refractivity contribution >= 4 is 28.6 Å². The zero-order valence-corrected chi connectivity index (χ0v) is 14.9. The van der Waals surface area contributed by atoms with Gasteiger partial charge in [-0.3, -0.25) is 9.56 Å². The van der Waals surface area contributed by atoms with E-state index in [1.54, 1.807) is 11.3 Å². The van der Waals surface area contributed by atoms with Gasteiger partial charge in [-0.2, -0.15) is 0 Å². The van der Waals surface area contributed by atoms with Crippen molar-refractivity contribution in [3.8, 4) is 5.00 Å². The van der Waals surface area contributed by atoms with Crippen molar-refractivity contribution in [3.05, 3.63) is 63.0 Å². The Morgan fingerprint density at radius 2 is 1.92 bits per heavy atom.